The molecule has 0 aliphatic heterocycles. The Kier molecular flexibility index (Phi) is 23.7. The summed E-state index contributed by atoms with van der Waals surface area (Å²) in [5.41, 5.74) is 4.94. The fraction of sp³-hybridized carbons (Fsp3) is 0.870. The first-order valence-corrected chi connectivity index (χ1v) is 12.2. The molecule has 15 heteroatoms. The minimum Gasteiger partial charge on any atom is -0.468 e. The summed E-state index contributed by atoms with van der Waals surface area (Å²) in [6.07, 6.45) is -3.10. The van der Waals surface area contributed by atoms with Crippen molar-refractivity contribution in [1.82, 2.24) is 16.0 Å². The van der Waals surface area contributed by atoms with E-state index >= 15 is 0 Å². The van der Waals surface area contributed by atoms with Crippen molar-refractivity contribution in [1.29, 1.82) is 0 Å². The van der Waals surface area contributed by atoms with Crippen molar-refractivity contribution in [2.75, 3.05) is 27.3 Å². The van der Waals surface area contributed by atoms with Gasteiger partial charge in [-0.1, -0.05) is 26.7 Å². The maximum Gasteiger partial charge on any atom is 0.407 e. The summed E-state index contributed by atoms with van der Waals surface area (Å²) < 4.78 is 13.9. The molecule has 0 fully saturated rings. The Morgan fingerprint density at radius 1 is 0.816 bits per heavy atom. The first kappa shape index (κ1) is 40.7. The first-order valence-electron chi connectivity index (χ1n) is 12.2. The van der Waals surface area contributed by atoms with Gasteiger partial charge in [0.2, 0.25) is 0 Å². The van der Waals surface area contributed by atoms with Crippen molar-refractivity contribution in [2.45, 2.75) is 103 Å². The number of alkyl carbamates (subject to hydrolysis) is 1. The second-order valence-electron chi connectivity index (χ2n) is 9.28. The van der Waals surface area contributed by atoms with Crippen molar-refractivity contribution in [3.63, 3.8) is 0 Å². The van der Waals surface area contributed by atoms with E-state index in [2.05, 4.69) is 25.4 Å². The molecule has 0 aromatic carbocycles. The van der Waals surface area contributed by atoms with Crippen LogP contribution in [0.2, 0.25) is 0 Å². The minimum absolute atomic E-state index is 0. The Labute approximate surface area is 231 Å². The molecule has 14 nitrogen and oxygen atoms in total. The summed E-state index contributed by atoms with van der Waals surface area (Å²) in [5, 5.41) is 46.3. The Bertz CT molecular complexity index is 654. The molecule has 0 rings (SSSR count). The average molecular weight is 577 g/mol. The number of nitrogens with one attached hydrogen (secondary N) is 3. The maximum atomic E-state index is 11.8. The van der Waals surface area contributed by atoms with Gasteiger partial charge in [0.1, 0.15) is 30.3 Å². The smallest absolute Gasteiger partial charge is 0.407 e. The van der Waals surface area contributed by atoms with Crippen LogP contribution in [0.3, 0.4) is 0 Å². The van der Waals surface area contributed by atoms with E-state index in [1.165, 1.54) is 14.2 Å². The highest BCUT2D eigenvalue weighted by atomic mass is 35.5. The molecule has 0 aliphatic carbocycles. The van der Waals surface area contributed by atoms with Gasteiger partial charge in [-0.25, -0.2) is 4.79 Å². The molecular formula is C23H49ClN4O10. The van der Waals surface area contributed by atoms with Crippen LogP contribution in [0.1, 0.15) is 60.3 Å². The van der Waals surface area contributed by atoms with E-state index in [0.29, 0.717) is 19.3 Å². The third kappa shape index (κ3) is 20.2. The van der Waals surface area contributed by atoms with Gasteiger partial charge in [0.25, 0.3) is 0 Å². The number of halogens is 1. The van der Waals surface area contributed by atoms with Crippen molar-refractivity contribution in [3.05, 3.63) is 0 Å². The van der Waals surface area contributed by atoms with E-state index in [-0.39, 0.29) is 25.5 Å². The minimum atomic E-state index is -1.38. The highest BCUT2D eigenvalue weighted by Crippen LogP contribution is 2.10. The van der Waals surface area contributed by atoms with Gasteiger partial charge >= 0.3 is 18.0 Å². The number of rotatable bonds is 15. The highest BCUT2D eigenvalue weighted by molar-refractivity contribution is 5.85. The molecule has 38 heavy (non-hydrogen) atoms. The van der Waals surface area contributed by atoms with Crippen molar-refractivity contribution < 1.29 is 49.0 Å². The molecule has 0 aromatic rings. The summed E-state index contributed by atoms with van der Waals surface area (Å²) >= 11 is 0. The lowest BCUT2D eigenvalue weighted by molar-refractivity contribution is -0.141. The van der Waals surface area contributed by atoms with Gasteiger partial charge in [0.05, 0.1) is 33.4 Å². The number of hydrogen-bond donors (Lipinski definition) is 8. The topological polar surface area (TPSA) is 222 Å². The van der Waals surface area contributed by atoms with Crippen molar-refractivity contribution in [3.8, 4) is 0 Å². The Balaban J connectivity index is -0.000000672. The number of amides is 1. The molecule has 0 saturated carbocycles. The van der Waals surface area contributed by atoms with Gasteiger partial charge < -0.3 is 45.7 Å². The van der Waals surface area contributed by atoms with E-state index in [1.54, 1.807) is 20.8 Å². The summed E-state index contributed by atoms with van der Waals surface area (Å²) in [5.74, 6) is -1.08. The van der Waals surface area contributed by atoms with Crippen molar-refractivity contribution >= 4 is 30.4 Å². The highest BCUT2D eigenvalue weighted by Gasteiger charge is 2.29. The van der Waals surface area contributed by atoms with Crippen LogP contribution in [0.4, 0.5) is 4.79 Å². The number of ether oxygens (including phenoxy) is 3. The van der Waals surface area contributed by atoms with Crippen LogP contribution in [-0.4, -0.2) is 108 Å². The van der Waals surface area contributed by atoms with Crippen LogP contribution in [0.5, 0.6) is 0 Å². The number of carbonyl (C=O) groups is 3. The van der Waals surface area contributed by atoms with Crippen LogP contribution >= 0.6 is 12.4 Å². The quantitative estimate of drug-likeness (QED) is 0.0673. The lowest BCUT2D eigenvalue weighted by atomic mass is 10.0. The largest absolute Gasteiger partial charge is 0.468 e. The Hall–Kier alpha value is -1.78. The molecule has 9 N–H and O–H groups in total. The summed E-state index contributed by atoms with van der Waals surface area (Å²) in [6.45, 7) is 8.58. The molecule has 0 heterocycles. The molecular weight excluding hydrogens is 528 g/mol. The van der Waals surface area contributed by atoms with E-state index in [9.17, 15) is 34.8 Å². The van der Waals surface area contributed by atoms with Gasteiger partial charge in [-0.3, -0.25) is 20.2 Å². The molecule has 0 spiro atoms. The Morgan fingerprint density at radius 2 is 1.24 bits per heavy atom. The molecule has 4 unspecified atom stereocenters. The monoisotopic (exact) mass is 576 g/mol. The molecule has 0 aromatic heterocycles. The lowest BCUT2D eigenvalue weighted by Gasteiger charge is -2.29. The molecule has 1 amide bonds. The predicted octanol–water partition coefficient (Wildman–Crippen LogP) is -0.901. The second kappa shape index (κ2) is 22.1. The van der Waals surface area contributed by atoms with Crippen molar-refractivity contribution in [2.24, 2.45) is 5.73 Å². The van der Waals surface area contributed by atoms with E-state index in [1.807, 2.05) is 13.8 Å². The molecule has 0 saturated heterocycles. The zero-order chi connectivity index (χ0) is 29.2. The summed E-state index contributed by atoms with van der Waals surface area (Å²) in [4.78, 5) is 33.5. The Morgan fingerprint density at radius 3 is 1.61 bits per heavy atom. The van der Waals surface area contributed by atoms with E-state index in [0.717, 1.165) is 6.42 Å². The maximum absolute atomic E-state index is 11.8. The standard InChI is InChI=1S/C14H28N2O6.C9H20N2O4.ClH/c1-6-7-9(16-13(20)22-14(2,3)4)11(18)12(19)15-8-10(17)21-5;1-3-4-6(10)8(13)9(14)11-5-7(12)15-2;/h9,11-12,15,18-19H,6-8H2,1-5H3,(H,16,20);6,8-9,11,13-14H,3-5,10H2,1-2H3;1H/t9?,11?,12-;6?,8?,9-;/m00./s1. The number of carbonyl (C=O) groups excluding carboxylic acids is 3. The number of methoxy groups -OCH3 is 2. The normalized spacial score (nSPS) is 15.7. The first-order chi connectivity index (χ1) is 17.1. The molecule has 6 atom stereocenters. The number of aliphatic hydroxyl groups is 4. The van der Waals surface area contributed by atoms with Gasteiger partial charge in [0, 0.05) is 6.04 Å². The third-order valence-corrected chi connectivity index (χ3v) is 4.79. The van der Waals surface area contributed by atoms with E-state index < -0.39 is 60.4 Å². The second-order valence-corrected chi connectivity index (χ2v) is 9.28. The fourth-order valence-corrected chi connectivity index (χ4v) is 2.82. The molecule has 0 aliphatic rings. The average Bonchev–Trinajstić information content (AvgIpc) is 2.83. The summed E-state index contributed by atoms with van der Waals surface area (Å²) in [7, 11) is 2.46. The third-order valence-electron chi connectivity index (χ3n) is 4.79. The SMILES string of the molecule is CCCC(N)C(O)[C@H](O)NCC(=O)OC.CCCC(NC(=O)OC(C)(C)C)C(O)[C@H](O)NCC(=O)OC.Cl. The van der Waals surface area contributed by atoms with Gasteiger partial charge in [-0.05, 0) is 33.6 Å². The number of aliphatic hydroxyl groups excluding tert-OH is 4. The van der Waals surface area contributed by atoms with Gasteiger partial charge in [0.15, 0.2) is 0 Å². The molecule has 228 valence electrons. The molecule has 0 radical (unpaired) electrons. The van der Waals surface area contributed by atoms with Crippen LogP contribution in [0.25, 0.3) is 0 Å². The van der Waals surface area contributed by atoms with E-state index in [4.69, 9.17) is 10.5 Å². The predicted molar refractivity (Wildman–Crippen MR) is 142 cm³/mol. The summed E-state index contributed by atoms with van der Waals surface area (Å²) in [6, 6.07) is -1.21. The van der Waals surface area contributed by atoms with Gasteiger partial charge in [-0.2, -0.15) is 0 Å². The van der Waals surface area contributed by atoms with Gasteiger partial charge in [-0.15, -0.1) is 12.4 Å². The zero-order valence-corrected chi connectivity index (χ0v) is 24.2. The van der Waals surface area contributed by atoms with Crippen LogP contribution < -0.4 is 21.7 Å². The zero-order valence-electron chi connectivity index (χ0n) is 23.4. The number of hydrogen-bond acceptors (Lipinski definition) is 13. The molecule has 0 bridgehead atoms. The van der Waals surface area contributed by atoms with Crippen LogP contribution in [0.15, 0.2) is 0 Å². The lowest BCUT2D eigenvalue weighted by Crippen LogP contribution is -2.54. The fourth-order valence-electron chi connectivity index (χ4n) is 2.82. The van der Waals surface area contributed by atoms with Crippen LogP contribution in [0, 0.1) is 0 Å². The van der Waals surface area contributed by atoms with Crippen LogP contribution in [-0.2, 0) is 23.8 Å². The number of esters is 2. The number of nitrogens with two attached hydrogens (primary N) is 1.